The molecule has 0 bridgehead atoms. The Morgan fingerprint density at radius 3 is 2.43 bits per heavy atom. The molecule has 0 unspecified atom stereocenters. The maximum absolute atomic E-state index is 11.7. The molecule has 0 saturated carbocycles. The third-order valence-electron chi connectivity index (χ3n) is 2.80. The van der Waals surface area contributed by atoms with Gasteiger partial charge in [0.1, 0.15) is 5.75 Å². The number of ether oxygens (including phenoxy) is 1. The minimum Gasteiger partial charge on any atom is -0.424 e. The predicted molar refractivity (Wildman–Crippen MR) is 81.5 cm³/mol. The van der Waals surface area contributed by atoms with Gasteiger partial charge in [0.2, 0.25) is 5.91 Å². The maximum atomic E-state index is 11.7. The standard InChI is InChI=1S/C16H19N3O2/c1-10(2)15(20)19-13-6-5-7-14(9-13)21-16-17-11(3)8-12(4)18-16/h5-10H,1-4H3,(H,19,20). The Morgan fingerprint density at radius 1 is 1.14 bits per heavy atom. The number of carbonyl (C=O) groups excluding carboxylic acids is 1. The number of hydrogen-bond acceptors (Lipinski definition) is 4. The molecule has 1 N–H and O–H groups in total. The first-order valence-corrected chi connectivity index (χ1v) is 6.85. The molecule has 1 aromatic carbocycles. The van der Waals surface area contributed by atoms with E-state index in [9.17, 15) is 4.79 Å². The van der Waals surface area contributed by atoms with Gasteiger partial charge in [0.05, 0.1) is 0 Å². The zero-order valence-electron chi connectivity index (χ0n) is 12.7. The predicted octanol–water partition coefficient (Wildman–Crippen LogP) is 3.48. The van der Waals surface area contributed by atoms with Crippen molar-refractivity contribution >= 4 is 11.6 Å². The van der Waals surface area contributed by atoms with E-state index in [4.69, 9.17) is 4.74 Å². The fourth-order valence-electron chi connectivity index (χ4n) is 1.77. The van der Waals surface area contributed by atoms with Crippen LogP contribution in [0.25, 0.3) is 0 Å². The van der Waals surface area contributed by atoms with Crippen molar-refractivity contribution in [2.75, 3.05) is 5.32 Å². The lowest BCUT2D eigenvalue weighted by Gasteiger charge is -2.10. The summed E-state index contributed by atoms with van der Waals surface area (Å²) in [5.41, 5.74) is 2.39. The molecule has 2 aromatic rings. The van der Waals surface area contributed by atoms with Crippen molar-refractivity contribution in [3.63, 3.8) is 0 Å². The second-order valence-corrected chi connectivity index (χ2v) is 5.21. The molecule has 110 valence electrons. The Morgan fingerprint density at radius 2 is 1.81 bits per heavy atom. The molecule has 1 heterocycles. The summed E-state index contributed by atoms with van der Waals surface area (Å²) in [6.45, 7) is 7.47. The summed E-state index contributed by atoms with van der Waals surface area (Å²) in [6.07, 6.45) is 0. The van der Waals surface area contributed by atoms with Crippen molar-refractivity contribution in [1.29, 1.82) is 0 Å². The number of rotatable bonds is 4. The molecular weight excluding hydrogens is 266 g/mol. The molecule has 0 fully saturated rings. The molecule has 1 amide bonds. The van der Waals surface area contributed by atoms with Crippen LogP contribution in [0, 0.1) is 19.8 Å². The van der Waals surface area contributed by atoms with Crippen LogP contribution in [0.2, 0.25) is 0 Å². The first-order chi connectivity index (χ1) is 9.94. The minimum atomic E-state index is -0.0719. The molecule has 21 heavy (non-hydrogen) atoms. The van der Waals surface area contributed by atoms with E-state index >= 15 is 0 Å². The molecule has 1 aromatic heterocycles. The molecule has 0 spiro atoms. The van der Waals surface area contributed by atoms with Gasteiger partial charge in [-0.1, -0.05) is 19.9 Å². The van der Waals surface area contributed by atoms with Gasteiger partial charge in [-0.25, -0.2) is 9.97 Å². The third-order valence-corrected chi connectivity index (χ3v) is 2.80. The molecule has 5 nitrogen and oxygen atoms in total. The lowest BCUT2D eigenvalue weighted by atomic mass is 10.2. The molecule has 5 heteroatoms. The minimum absolute atomic E-state index is 0.0326. The van der Waals surface area contributed by atoms with Crippen molar-refractivity contribution in [3.8, 4) is 11.8 Å². The molecule has 0 aliphatic carbocycles. The summed E-state index contributed by atoms with van der Waals surface area (Å²) in [5, 5.41) is 2.83. The summed E-state index contributed by atoms with van der Waals surface area (Å²) >= 11 is 0. The Kier molecular flexibility index (Phi) is 4.52. The van der Waals surface area contributed by atoms with Gasteiger partial charge >= 0.3 is 6.01 Å². The van der Waals surface area contributed by atoms with Gasteiger partial charge in [-0.15, -0.1) is 0 Å². The number of aromatic nitrogens is 2. The lowest BCUT2D eigenvalue weighted by Crippen LogP contribution is -2.17. The highest BCUT2D eigenvalue weighted by atomic mass is 16.5. The van der Waals surface area contributed by atoms with E-state index in [1.54, 1.807) is 12.1 Å². The summed E-state index contributed by atoms with van der Waals surface area (Å²) in [6, 6.07) is 9.36. The summed E-state index contributed by atoms with van der Waals surface area (Å²) < 4.78 is 5.65. The third kappa shape index (κ3) is 4.27. The SMILES string of the molecule is Cc1cc(C)nc(Oc2cccc(NC(=O)C(C)C)c2)n1. The van der Waals surface area contributed by atoms with E-state index < -0.39 is 0 Å². The van der Waals surface area contributed by atoms with Crippen LogP contribution in [0.4, 0.5) is 5.69 Å². The van der Waals surface area contributed by atoms with E-state index in [1.807, 2.05) is 45.9 Å². The van der Waals surface area contributed by atoms with Crippen molar-refractivity contribution in [3.05, 3.63) is 41.7 Å². The lowest BCUT2D eigenvalue weighted by molar-refractivity contribution is -0.118. The van der Waals surface area contributed by atoms with Gasteiger partial charge in [0, 0.05) is 29.1 Å². The van der Waals surface area contributed by atoms with Crippen LogP contribution in [0.15, 0.2) is 30.3 Å². The molecule has 0 aliphatic rings. The Bertz CT molecular complexity index is 633. The quantitative estimate of drug-likeness (QED) is 0.934. The average molecular weight is 285 g/mol. The molecular formula is C16H19N3O2. The van der Waals surface area contributed by atoms with Crippen LogP contribution in [-0.4, -0.2) is 15.9 Å². The topological polar surface area (TPSA) is 64.1 Å². The molecule has 0 atom stereocenters. The second-order valence-electron chi connectivity index (χ2n) is 5.21. The van der Waals surface area contributed by atoms with E-state index in [0.29, 0.717) is 17.4 Å². The van der Waals surface area contributed by atoms with Crippen LogP contribution >= 0.6 is 0 Å². The van der Waals surface area contributed by atoms with Crippen molar-refractivity contribution in [2.24, 2.45) is 5.92 Å². The number of benzene rings is 1. The molecule has 0 aliphatic heterocycles. The Balaban J connectivity index is 2.15. The average Bonchev–Trinajstić information content (AvgIpc) is 2.37. The number of nitrogens with zero attached hydrogens (tertiary/aromatic N) is 2. The Labute approximate surface area is 124 Å². The zero-order chi connectivity index (χ0) is 15.4. The fourth-order valence-corrected chi connectivity index (χ4v) is 1.77. The number of anilines is 1. The zero-order valence-corrected chi connectivity index (χ0v) is 12.7. The van der Waals surface area contributed by atoms with Crippen LogP contribution in [0.5, 0.6) is 11.8 Å². The van der Waals surface area contributed by atoms with E-state index in [1.165, 1.54) is 0 Å². The number of amides is 1. The van der Waals surface area contributed by atoms with Crippen LogP contribution in [0.1, 0.15) is 25.2 Å². The molecule has 0 saturated heterocycles. The smallest absolute Gasteiger partial charge is 0.322 e. The second kappa shape index (κ2) is 6.35. The van der Waals surface area contributed by atoms with Gasteiger partial charge in [-0.2, -0.15) is 0 Å². The maximum Gasteiger partial charge on any atom is 0.322 e. The van der Waals surface area contributed by atoms with Crippen molar-refractivity contribution in [1.82, 2.24) is 9.97 Å². The van der Waals surface area contributed by atoms with Crippen LogP contribution in [0.3, 0.4) is 0 Å². The van der Waals surface area contributed by atoms with E-state index in [0.717, 1.165) is 11.4 Å². The number of hydrogen-bond donors (Lipinski definition) is 1. The number of nitrogens with one attached hydrogen (secondary N) is 1. The highest BCUT2D eigenvalue weighted by molar-refractivity contribution is 5.92. The molecule has 0 radical (unpaired) electrons. The highest BCUT2D eigenvalue weighted by Gasteiger charge is 2.08. The van der Waals surface area contributed by atoms with Crippen LogP contribution < -0.4 is 10.1 Å². The largest absolute Gasteiger partial charge is 0.424 e. The Hall–Kier alpha value is -2.43. The van der Waals surface area contributed by atoms with E-state index in [2.05, 4.69) is 15.3 Å². The first-order valence-electron chi connectivity index (χ1n) is 6.85. The van der Waals surface area contributed by atoms with Gasteiger partial charge in [-0.3, -0.25) is 4.79 Å². The number of aryl methyl sites for hydroxylation is 2. The highest BCUT2D eigenvalue weighted by Crippen LogP contribution is 2.22. The number of carbonyl (C=O) groups is 1. The normalized spacial score (nSPS) is 10.5. The summed E-state index contributed by atoms with van der Waals surface area (Å²) in [4.78, 5) is 20.1. The van der Waals surface area contributed by atoms with Gasteiger partial charge < -0.3 is 10.1 Å². The monoisotopic (exact) mass is 285 g/mol. The van der Waals surface area contributed by atoms with Gasteiger partial charge in [0.15, 0.2) is 0 Å². The van der Waals surface area contributed by atoms with Crippen LogP contribution in [-0.2, 0) is 4.79 Å². The van der Waals surface area contributed by atoms with E-state index in [-0.39, 0.29) is 11.8 Å². The van der Waals surface area contributed by atoms with Crippen molar-refractivity contribution < 1.29 is 9.53 Å². The van der Waals surface area contributed by atoms with Gasteiger partial charge in [0.25, 0.3) is 0 Å². The summed E-state index contributed by atoms with van der Waals surface area (Å²) in [7, 11) is 0. The van der Waals surface area contributed by atoms with Crippen molar-refractivity contribution in [2.45, 2.75) is 27.7 Å². The fraction of sp³-hybridized carbons (Fsp3) is 0.312. The summed E-state index contributed by atoms with van der Waals surface area (Å²) in [5.74, 6) is 0.480. The molecule has 2 rings (SSSR count). The first kappa shape index (κ1) is 15.0. The van der Waals surface area contributed by atoms with Gasteiger partial charge in [-0.05, 0) is 32.0 Å².